The number of aryl methyl sites for hydroxylation is 2. The molecule has 29 heavy (non-hydrogen) atoms. The summed E-state index contributed by atoms with van der Waals surface area (Å²) < 4.78 is 0.837. The number of hydrogen-bond donors (Lipinski definition) is 2. The summed E-state index contributed by atoms with van der Waals surface area (Å²) in [6, 6.07) is 13.0. The van der Waals surface area contributed by atoms with Gasteiger partial charge in [-0.15, -0.1) is 0 Å². The Morgan fingerprint density at radius 1 is 1.07 bits per heavy atom. The molecule has 8 heteroatoms. The zero-order valence-corrected chi connectivity index (χ0v) is 18.1. The third-order valence-corrected chi connectivity index (χ3v) is 6.75. The van der Waals surface area contributed by atoms with Gasteiger partial charge >= 0.3 is 6.03 Å². The molecule has 2 heterocycles. The molecule has 0 spiro atoms. The van der Waals surface area contributed by atoms with Gasteiger partial charge in [0.15, 0.2) is 4.34 Å². The van der Waals surface area contributed by atoms with Crippen LogP contribution in [-0.4, -0.2) is 16.0 Å². The Labute approximate surface area is 181 Å². The number of aromatic nitrogens is 2. The van der Waals surface area contributed by atoms with Crippen LogP contribution in [0.5, 0.6) is 0 Å². The van der Waals surface area contributed by atoms with Crippen molar-refractivity contribution in [2.24, 2.45) is 0 Å². The number of pyridine rings is 1. The van der Waals surface area contributed by atoms with Gasteiger partial charge < -0.3 is 5.32 Å². The van der Waals surface area contributed by atoms with Crippen molar-refractivity contribution < 1.29 is 4.79 Å². The van der Waals surface area contributed by atoms with E-state index in [4.69, 9.17) is 11.6 Å². The highest BCUT2D eigenvalue weighted by atomic mass is 35.5. The van der Waals surface area contributed by atoms with Gasteiger partial charge in [-0.05, 0) is 55.3 Å². The quantitative estimate of drug-likeness (QED) is 0.368. The van der Waals surface area contributed by atoms with E-state index in [0.29, 0.717) is 15.7 Å². The number of carbonyl (C=O) groups is 1. The maximum Gasteiger partial charge on any atom is 0.324 e. The standard InChI is InChI=1S/C21H17ClN4OS2/c1-12-9-14-17(10-13(12)2)23-8-7-18(14)28-21-24-11-19(29-21)26-20(27)25-16-6-4-3-5-15(16)22/h3-11H,1-2H3,(H2,25,26,27). The smallest absolute Gasteiger partial charge is 0.306 e. The van der Waals surface area contributed by atoms with Crippen LogP contribution in [0.4, 0.5) is 15.5 Å². The van der Waals surface area contributed by atoms with Crippen molar-refractivity contribution in [2.45, 2.75) is 23.1 Å². The number of nitrogens with zero attached hydrogens (tertiary/aromatic N) is 2. The summed E-state index contributed by atoms with van der Waals surface area (Å²) in [7, 11) is 0. The van der Waals surface area contributed by atoms with Gasteiger partial charge in [0.25, 0.3) is 0 Å². The Balaban J connectivity index is 1.49. The second-order valence-corrected chi connectivity index (χ2v) is 9.14. The maximum absolute atomic E-state index is 12.2. The Morgan fingerprint density at radius 2 is 1.86 bits per heavy atom. The minimum atomic E-state index is -0.362. The predicted octanol–water partition coefficient (Wildman–Crippen LogP) is 6.76. The summed E-state index contributed by atoms with van der Waals surface area (Å²) in [5, 5.41) is 7.77. The molecule has 0 aliphatic heterocycles. The molecule has 0 fully saturated rings. The number of para-hydroxylation sites is 1. The number of hydrogen-bond acceptors (Lipinski definition) is 5. The monoisotopic (exact) mass is 440 g/mol. The zero-order chi connectivity index (χ0) is 20.4. The van der Waals surface area contributed by atoms with E-state index in [1.165, 1.54) is 22.5 Å². The molecule has 4 rings (SSSR count). The number of rotatable bonds is 4. The zero-order valence-electron chi connectivity index (χ0n) is 15.7. The van der Waals surface area contributed by atoms with Crippen LogP contribution in [0.25, 0.3) is 10.9 Å². The van der Waals surface area contributed by atoms with Crippen LogP contribution in [0.2, 0.25) is 5.02 Å². The molecule has 0 aliphatic rings. The first-order valence-electron chi connectivity index (χ1n) is 8.82. The molecular formula is C21H17ClN4OS2. The number of anilines is 2. The largest absolute Gasteiger partial charge is 0.324 e. The van der Waals surface area contributed by atoms with E-state index >= 15 is 0 Å². The average molecular weight is 441 g/mol. The van der Waals surface area contributed by atoms with Crippen molar-refractivity contribution >= 4 is 62.3 Å². The fourth-order valence-corrected chi connectivity index (χ4v) is 4.88. The molecule has 2 N–H and O–H groups in total. The van der Waals surface area contributed by atoms with E-state index in [0.717, 1.165) is 20.1 Å². The average Bonchev–Trinajstić information content (AvgIpc) is 3.12. The van der Waals surface area contributed by atoms with E-state index in [-0.39, 0.29) is 6.03 Å². The van der Waals surface area contributed by atoms with Crippen LogP contribution in [-0.2, 0) is 0 Å². The number of urea groups is 1. The van der Waals surface area contributed by atoms with E-state index in [9.17, 15) is 4.79 Å². The highest BCUT2D eigenvalue weighted by molar-refractivity contribution is 8.01. The van der Waals surface area contributed by atoms with E-state index in [2.05, 4.69) is 46.6 Å². The number of fused-ring (bicyclic) bond motifs is 1. The predicted molar refractivity (Wildman–Crippen MR) is 122 cm³/mol. The summed E-state index contributed by atoms with van der Waals surface area (Å²) in [5.74, 6) is 0. The first-order chi connectivity index (χ1) is 14.0. The van der Waals surface area contributed by atoms with Crippen molar-refractivity contribution in [3.8, 4) is 0 Å². The van der Waals surface area contributed by atoms with E-state index < -0.39 is 0 Å². The van der Waals surface area contributed by atoms with Gasteiger partial charge in [0.2, 0.25) is 0 Å². The number of halogens is 1. The Morgan fingerprint density at radius 3 is 2.69 bits per heavy atom. The second-order valence-electron chi connectivity index (χ2n) is 6.41. The molecule has 2 aromatic heterocycles. The van der Waals surface area contributed by atoms with Crippen LogP contribution < -0.4 is 10.6 Å². The Bertz CT molecular complexity index is 1210. The molecule has 0 unspecified atom stereocenters. The van der Waals surface area contributed by atoms with Crippen LogP contribution in [0.15, 0.2) is 64.1 Å². The first-order valence-corrected chi connectivity index (χ1v) is 10.8. The van der Waals surface area contributed by atoms with Crippen molar-refractivity contribution in [3.05, 3.63) is 71.0 Å². The lowest BCUT2D eigenvalue weighted by Gasteiger charge is -2.07. The topological polar surface area (TPSA) is 66.9 Å². The van der Waals surface area contributed by atoms with Crippen molar-refractivity contribution in [1.82, 2.24) is 9.97 Å². The fourth-order valence-electron chi connectivity index (χ4n) is 2.75. The normalized spacial score (nSPS) is 10.9. The summed E-state index contributed by atoms with van der Waals surface area (Å²) in [4.78, 5) is 22.2. The lowest BCUT2D eigenvalue weighted by atomic mass is 10.1. The molecule has 2 aromatic carbocycles. The number of benzene rings is 2. The van der Waals surface area contributed by atoms with Gasteiger partial charge in [0.1, 0.15) is 5.00 Å². The lowest BCUT2D eigenvalue weighted by Crippen LogP contribution is -2.18. The minimum Gasteiger partial charge on any atom is -0.306 e. The molecule has 0 bridgehead atoms. The van der Waals surface area contributed by atoms with Gasteiger partial charge in [0, 0.05) is 16.5 Å². The molecule has 0 atom stereocenters. The molecule has 0 saturated heterocycles. The highest BCUT2D eigenvalue weighted by Gasteiger charge is 2.11. The molecule has 0 aliphatic carbocycles. The molecule has 5 nitrogen and oxygen atoms in total. The highest BCUT2D eigenvalue weighted by Crippen LogP contribution is 2.37. The van der Waals surface area contributed by atoms with Crippen LogP contribution in [0, 0.1) is 13.8 Å². The van der Waals surface area contributed by atoms with Crippen LogP contribution in [0.3, 0.4) is 0 Å². The van der Waals surface area contributed by atoms with Crippen molar-refractivity contribution in [1.29, 1.82) is 0 Å². The summed E-state index contributed by atoms with van der Waals surface area (Å²) in [6.07, 6.45) is 3.46. The number of nitrogens with one attached hydrogen (secondary N) is 2. The lowest BCUT2D eigenvalue weighted by molar-refractivity contribution is 0.262. The third kappa shape index (κ3) is 4.53. The third-order valence-electron chi connectivity index (χ3n) is 4.36. The maximum atomic E-state index is 12.2. The summed E-state index contributed by atoms with van der Waals surface area (Å²) in [6.45, 7) is 4.18. The van der Waals surface area contributed by atoms with E-state index in [1.54, 1.807) is 30.1 Å². The van der Waals surface area contributed by atoms with Crippen LogP contribution in [0.1, 0.15) is 11.1 Å². The number of carbonyl (C=O) groups excluding carboxylic acids is 1. The van der Waals surface area contributed by atoms with Gasteiger partial charge in [-0.1, -0.05) is 46.8 Å². The van der Waals surface area contributed by atoms with Crippen molar-refractivity contribution in [2.75, 3.05) is 10.6 Å². The number of thiazole rings is 1. The number of amides is 2. The Hall–Kier alpha value is -2.61. The SMILES string of the molecule is Cc1cc2nccc(Sc3ncc(NC(=O)Nc4ccccc4Cl)s3)c2cc1C. The molecule has 0 saturated carbocycles. The fraction of sp³-hybridized carbons (Fsp3) is 0.0952. The Kier molecular flexibility index (Phi) is 5.71. The molecule has 146 valence electrons. The van der Waals surface area contributed by atoms with Crippen LogP contribution >= 0.6 is 34.7 Å². The molecule has 4 aromatic rings. The van der Waals surface area contributed by atoms with E-state index in [1.807, 2.05) is 24.4 Å². The minimum absolute atomic E-state index is 0.362. The van der Waals surface area contributed by atoms with Gasteiger partial charge in [-0.2, -0.15) is 0 Å². The molecule has 0 radical (unpaired) electrons. The second kappa shape index (κ2) is 8.41. The molecular weight excluding hydrogens is 424 g/mol. The summed E-state index contributed by atoms with van der Waals surface area (Å²) in [5.41, 5.74) is 3.97. The first kappa shape index (κ1) is 19.7. The van der Waals surface area contributed by atoms with Gasteiger partial charge in [0.05, 0.1) is 22.4 Å². The summed E-state index contributed by atoms with van der Waals surface area (Å²) >= 11 is 9.05. The van der Waals surface area contributed by atoms with Crippen molar-refractivity contribution in [3.63, 3.8) is 0 Å². The van der Waals surface area contributed by atoms with Gasteiger partial charge in [-0.3, -0.25) is 10.3 Å². The van der Waals surface area contributed by atoms with Gasteiger partial charge in [-0.25, -0.2) is 9.78 Å². The molecule has 2 amide bonds.